The summed E-state index contributed by atoms with van der Waals surface area (Å²) in [5.74, 6) is -0.277. The maximum absolute atomic E-state index is 13.3. The number of aromatic amines is 1. The topological polar surface area (TPSA) is 67.6 Å². The van der Waals surface area contributed by atoms with Crippen LogP contribution in [0.4, 0.5) is 4.39 Å². The molecule has 2 aromatic carbocycles. The molecule has 27 heavy (non-hydrogen) atoms. The number of rotatable bonds is 5. The third-order valence-electron chi connectivity index (χ3n) is 4.55. The summed E-state index contributed by atoms with van der Waals surface area (Å²) < 4.78 is 13.3. The van der Waals surface area contributed by atoms with Crippen molar-refractivity contribution in [2.24, 2.45) is 5.73 Å². The summed E-state index contributed by atoms with van der Waals surface area (Å²) in [5.41, 5.74) is 12.0. The van der Waals surface area contributed by atoms with E-state index in [1.165, 1.54) is 12.1 Å². The fourth-order valence-electron chi connectivity index (χ4n) is 3.22. The fraction of sp³-hybridized carbons (Fsp3) is 0.0909. The summed E-state index contributed by atoms with van der Waals surface area (Å²) in [4.78, 5) is 4.10. The molecule has 0 aliphatic carbocycles. The number of nitrogens with one attached hydrogen (secondary N) is 1. The Hall–Kier alpha value is -3.31. The van der Waals surface area contributed by atoms with Gasteiger partial charge < -0.3 is 5.73 Å². The van der Waals surface area contributed by atoms with Crippen molar-refractivity contribution < 1.29 is 4.39 Å². The maximum Gasteiger partial charge on any atom is 0.123 e. The van der Waals surface area contributed by atoms with Gasteiger partial charge in [0.15, 0.2) is 0 Å². The molecule has 134 valence electrons. The fourth-order valence-corrected chi connectivity index (χ4v) is 3.22. The van der Waals surface area contributed by atoms with Gasteiger partial charge in [0.25, 0.3) is 0 Å². The number of aromatic nitrogens is 3. The highest BCUT2D eigenvalue weighted by molar-refractivity contribution is 5.82. The zero-order valence-corrected chi connectivity index (χ0v) is 14.6. The van der Waals surface area contributed by atoms with Crippen molar-refractivity contribution in [1.29, 1.82) is 0 Å². The molecule has 0 radical (unpaired) electrons. The molecule has 3 N–H and O–H groups in total. The Morgan fingerprint density at radius 2 is 1.59 bits per heavy atom. The molecule has 0 amide bonds. The molecular formula is C22H19FN4. The SMILES string of the molecule is NC(Cc1ccccc1)c1[nH]nc(-c2ccc(F)cc2)c1-c1ccncc1. The second-order valence-corrected chi connectivity index (χ2v) is 6.40. The van der Waals surface area contributed by atoms with E-state index in [4.69, 9.17) is 5.73 Å². The third-order valence-corrected chi connectivity index (χ3v) is 4.55. The summed E-state index contributed by atoms with van der Waals surface area (Å²) in [5, 5.41) is 7.62. The Kier molecular flexibility index (Phi) is 4.77. The van der Waals surface area contributed by atoms with Crippen LogP contribution in [0.5, 0.6) is 0 Å². The van der Waals surface area contributed by atoms with Crippen LogP contribution in [-0.2, 0) is 6.42 Å². The Bertz CT molecular complexity index is 1010. The molecule has 0 bridgehead atoms. The van der Waals surface area contributed by atoms with E-state index in [0.29, 0.717) is 6.42 Å². The minimum atomic E-state index is -0.277. The second kappa shape index (κ2) is 7.51. The van der Waals surface area contributed by atoms with Gasteiger partial charge in [0.2, 0.25) is 0 Å². The molecule has 4 nitrogen and oxygen atoms in total. The quantitative estimate of drug-likeness (QED) is 0.551. The van der Waals surface area contributed by atoms with Gasteiger partial charge in [-0.2, -0.15) is 5.10 Å². The van der Waals surface area contributed by atoms with Crippen LogP contribution in [-0.4, -0.2) is 15.2 Å². The highest BCUT2D eigenvalue weighted by Gasteiger charge is 2.21. The van der Waals surface area contributed by atoms with Crippen LogP contribution < -0.4 is 5.73 Å². The van der Waals surface area contributed by atoms with Gasteiger partial charge in [0.1, 0.15) is 11.5 Å². The number of hydrogen-bond acceptors (Lipinski definition) is 3. The molecule has 0 spiro atoms. The van der Waals surface area contributed by atoms with Crippen LogP contribution in [0.25, 0.3) is 22.4 Å². The molecule has 4 aromatic rings. The van der Waals surface area contributed by atoms with E-state index in [1.54, 1.807) is 24.5 Å². The molecule has 5 heteroatoms. The highest BCUT2D eigenvalue weighted by Crippen LogP contribution is 2.35. The van der Waals surface area contributed by atoms with E-state index in [0.717, 1.165) is 33.6 Å². The Morgan fingerprint density at radius 3 is 2.30 bits per heavy atom. The van der Waals surface area contributed by atoms with E-state index in [1.807, 2.05) is 30.3 Å². The normalized spacial score (nSPS) is 12.1. The van der Waals surface area contributed by atoms with Crippen molar-refractivity contribution in [1.82, 2.24) is 15.2 Å². The summed E-state index contributed by atoms with van der Waals surface area (Å²) in [6.45, 7) is 0. The average Bonchev–Trinajstić information content (AvgIpc) is 3.15. The van der Waals surface area contributed by atoms with Gasteiger partial charge in [-0.3, -0.25) is 10.1 Å². The van der Waals surface area contributed by atoms with Crippen molar-refractivity contribution in [3.05, 3.63) is 96.2 Å². The van der Waals surface area contributed by atoms with Crippen LogP contribution in [0.3, 0.4) is 0 Å². The summed E-state index contributed by atoms with van der Waals surface area (Å²) in [6, 6.07) is 20.0. The Morgan fingerprint density at radius 1 is 0.889 bits per heavy atom. The van der Waals surface area contributed by atoms with Crippen LogP contribution >= 0.6 is 0 Å². The van der Waals surface area contributed by atoms with Crippen molar-refractivity contribution in [2.45, 2.75) is 12.5 Å². The summed E-state index contributed by atoms with van der Waals surface area (Å²) >= 11 is 0. The number of benzene rings is 2. The summed E-state index contributed by atoms with van der Waals surface area (Å²) in [7, 11) is 0. The number of H-pyrrole nitrogens is 1. The lowest BCUT2D eigenvalue weighted by molar-refractivity contribution is 0.628. The van der Waals surface area contributed by atoms with Crippen LogP contribution in [0.2, 0.25) is 0 Å². The van der Waals surface area contributed by atoms with Crippen LogP contribution in [0.1, 0.15) is 17.3 Å². The predicted octanol–water partition coefficient (Wildman–Crippen LogP) is 4.52. The summed E-state index contributed by atoms with van der Waals surface area (Å²) in [6.07, 6.45) is 4.16. The molecule has 0 saturated carbocycles. The minimum Gasteiger partial charge on any atom is -0.322 e. The molecule has 0 aliphatic heterocycles. The van der Waals surface area contributed by atoms with Crippen molar-refractivity contribution in [2.75, 3.05) is 0 Å². The lowest BCUT2D eigenvalue weighted by atomic mass is 9.94. The number of pyridine rings is 1. The van der Waals surface area contributed by atoms with Gasteiger partial charge in [-0.15, -0.1) is 0 Å². The molecule has 1 atom stereocenters. The first-order valence-corrected chi connectivity index (χ1v) is 8.76. The van der Waals surface area contributed by atoms with Gasteiger partial charge in [-0.05, 0) is 53.9 Å². The Labute approximate surface area is 156 Å². The van der Waals surface area contributed by atoms with Crippen molar-refractivity contribution >= 4 is 0 Å². The first-order valence-electron chi connectivity index (χ1n) is 8.76. The monoisotopic (exact) mass is 358 g/mol. The lowest BCUT2D eigenvalue weighted by Gasteiger charge is -2.13. The largest absolute Gasteiger partial charge is 0.322 e. The van der Waals surface area contributed by atoms with Gasteiger partial charge >= 0.3 is 0 Å². The smallest absolute Gasteiger partial charge is 0.123 e. The van der Waals surface area contributed by atoms with Gasteiger partial charge in [-0.25, -0.2) is 4.39 Å². The molecular weight excluding hydrogens is 339 g/mol. The van der Waals surface area contributed by atoms with Crippen LogP contribution in [0.15, 0.2) is 79.1 Å². The van der Waals surface area contributed by atoms with E-state index in [9.17, 15) is 4.39 Å². The average molecular weight is 358 g/mol. The molecule has 4 rings (SSSR count). The predicted molar refractivity (Wildman–Crippen MR) is 104 cm³/mol. The standard InChI is InChI=1S/C22H19FN4/c23-18-8-6-17(7-9-18)21-20(16-10-12-25-13-11-16)22(27-26-21)19(24)14-15-4-2-1-3-5-15/h1-13,19H,14,24H2,(H,26,27). The number of halogens is 1. The van der Waals surface area contributed by atoms with E-state index < -0.39 is 0 Å². The minimum absolute atomic E-state index is 0.253. The van der Waals surface area contributed by atoms with Crippen molar-refractivity contribution in [3.8, 4) is 22.4 Å². The molecule has 0 saturated heterocycles. The van der Waals surface area contributed by atoms with Gasteiger partial charge in [-0.1, -0.05) is 30.3 Å². The van der Waals surface area contributed by atoms with E-state index in [-0.39, 0.29) is 11.9 Å². The van der Waals surface area contributed by atoms with Crippen molar-refractivity contribution in [3.63, 3.8) is 0 Å². The van der Waals surface area contributed by atoms with Crippen LogP contribution in [0, 0.1) is 5.82 Å². The zero-order valence-electron chi connectivity index (χ0n) is 14.6. The van der Waals surface area contributed by atoms with E-state index >= 15 is 0 Å². The molecule has 0 aliphatic rings. The Balaban J connectivity index is 1.79. The molecule has 2 heterocycles. The lowest BCUT2D eigenvalue weighted by Crippen LogP contribution is -2.15. The molecule has 1 unspecified atom stereocenters. The maximum atomic E-state index is 13.3. The first kappa shape index (κ1) is 17.1. The third kappa shape index (κ3) is 3.64. The molecule has 0 fully saturated rings. The highest BCUT2D eigenvalue weighted by atomic mass is 19.1. The van der Waals surface area contributed by atoms with Gasteiger partial charge in [0, 0.05) is 23.5 Å². The van der Waals surface area contributed by atoms with Gasteiger partial charge in [0.05, 0.1) is 11.7 Å². The van der Waals surface area contributed by atoms with E-state index in [2.05, 4.69) is 27.3 Å². The first-order chi connectivity index (χ1) is 13.2. The zero-order chi connectivity index (χ0) is 18.6. The number of hydrogen-bond donors (Lipinski definition) is 2. The second-order valence-electron chi connectivity index (χ2n) is 6.40. The molecule has 2 aromatic heterocycles. The number of nitrogens with two attached hydrogens (primary N) is 1. The number of nitrogens with zero attached hydrogens (tertiary/aromatic N) is 2.